The molecule has 1 atom stereocenters. The van der Waals surface area contributed by atoms with Gasteiger partial charge in [-0.2, -0.15) is 0 Å². The van der Waals surface area contributed by atoms with Gasteiger partial charge in [0.15, 0.2) is 0 Å². The summed E-state index contributed by atoms with van der Waals surface area (Å²) in [7, 11) is 1.95. The topological polar surface area (TPSA) is 49.6 Å². The van der Waals surface area contributed by atoms with Crippen LogP contribution in [0.1, 0.15) is 38.5 Å². The van der Waals surface area contributed by atoms with Crippen molar-refractivity contribution < 1.29 is 4.79 Å². The lowest BCUT2D eigenvalue weighted by Gasteiger charge is -2.36. The number of hydrogen-bond acceptors (Lipinski definition) is 3. The van der Waals surface area contributed by atoms with Crippen molar-refractivity contribution in [3.63, 3.8) is 0 Å². The van der Waals surface area contributed by atoms with E-state index in [0.29, 0.717) is 18.6 Å². The van der Waals surface area contributed by atoms with E-state index in [0.717, 1.165) is 19.5 Å². The van der Waals surface area contributed by atoms with E-state index in [-0.39, 0.29) is 18.3 Å². The standard InChI is InChI=1S/C13H25N3O.ClH/c1-15(11-5-6-11)13(17)10-16-9-3-2-4-12(16)7-8-14;/h11-12H,2-10,14H2,1H3;1H. The maximum atomic E-state index is 12.1. The number of likely N-dealkylation sites (tertiary alicyclic amines) is 1. The Morgan fingerprint density at radius 3 is 2.67 bits per heavy atom. The number of piperidine rings is 1. The van der Waals surface area contributed by atoms with Gasteiger partial charge < -0.3 is 10.6 Å². The fourth-order valence-electron chi connectivity index (χ4n) is 2.74. The van der Waals surface area contributed by atoms with Crippen molar-refractivity contribution in [2.45, 2.75) is 50.6 Å². The molecule has 2 rings (SSSR count). The summed E-state index contributed by atoms with van der Waals surface area (Å²) in [6.45, 7) is 2.39. The number of amides is 1. The Hall–Kier alpha value is -0.320. The Balaban J connectivity index is 0.00000162. The highest BCUT2D eigenvalue weighted by atomic mass is 35.5. The second-order valence-corrected chi connectivity index (χ2v) is 5.43. The van der Waals surface area contributed by atoms with Gasteiger partial charge >= 0.3 is 0 Å². The summed E-state index contributed by atoms with van der Waals surface area (Å²) in [5.74, 6) is 0.288. The van der Waals surface area contributed by atoms with Crippen molar-refractivity contribution in [1.29, 1.82) is 0 Å². The maximum Gasteiger partial charge on any atom is 0.236 e. The van der Waals surface area contributed by atoms with E-state index in [4.69, 9.17) is 5.73 Å². The Labute approximate surface area is 116 Å². The van der Waals surface area contributed by atoms with Crippen molar-refractivity contribution in [3.05, 3.63) is 0 Å². The first-order valence-corrected chi connectivity index (χ1v) is 6.92. The first-order chi connectivity index (χ1) is 8.22. The van der Waals surface area contributed by atoms with Crippen LogP contribution in [0.2, 0.25) is 0 Å². The molecular formula is C13H26ClN3O. The molecule has 0 bridgehead atoms. The van der Waals surface area contributed by atoms with Gasteiger partial charge in [-0.3, -0.25) is 9.69 Å². The molecule has 0 aromatic heterocycles. The van der Waals surface area contributed by atoms with Gasteiger partial charge in [0.25, 0.3) is 0 Å². The molecule has 4 nitrogen and oxygen atoms in total. The quantitative estimate of drug-likeness (QED) is 0.821. The van der Waals surface area contributed by atoms with Crippen LogP contribution >= 0.6 is 12.4 Å². The average Bonchev–Trinajstić information content (AvgIpc) is 3.15. The maximum absolute atomic E-state index is 12.1. The van der Waals surface area contributed by atoms with Crippen molar-refractivity contribution >= 4 is 18.3 Å². The zero-order chi connectivity index (χ0) is 12.3. The normalized spacial score (nSPS) is 24.4. The molecular weight excluding hydrogens is 250 g/mol. The lowest BCUT2D eigenvalue weighted by Crippen LogP contribution is -2.47. The van der Waals surface area contributed by atoms with E-state index in [1.54, 1.807) is 0 Å². The van der Waals surface area contributed by atoms with Gasteiger partial charge in [-0.25, -0.2) is 0 Å². The predicted octanol–water partition coefficient (Wildman–Crippen LogP) is 1.23. The summed E-state index contributed by atoms with van der Waals surface area (Å²) in [4.78, 5) is 16.4. The third-order valence-electron chi connectivity index (χ3n) is 4.08. The smallest absolute Gasteiger partial charge is 0.236 e. The van der Waals surface area contributed by atoms with Crippen molar-refractivity contribution in [3.8, 4) is 0 Å². The van der Waals surface area contributed by atoms with Gasteiger partial charge in [-0.1, -0.05) is 6.42 Å². The van der Waals surface area contributed by atoms with Gasteiger partial charge in [0.05, 0.1) is 6.54 Å². The minimum Gasteiger partial charge on any atom is -0.342 e. The zero-order valence-electron chi connectivity index (χ0n) is 11.3. The number of likely N-dealkylation sites (N-methyl/N-ethyl adjacent to an activating group) is 1. The van der Waals surface area contributed by atoms with E-state index < -0.39 is 0 Å². The van der Waals surface area contributed by atoms with E-state index in [2.05, 4.69) is 4.90 Å². The zero-order valence-corrected chi connectivity index (χ0v) is 12.1. The summed E-state index contributed by atoms with van der Waals surface area (Å²) in [5, 5.41) is 0. The molecule has 2 fully saturated rings. The van der Waals surface area contributed by atoms with Crippen LogP contribution in [0.4, 0.5) is 0 Å². The number of rotatable bonds is 5. The number of carbonyl (C=O) groups excluding carboxylic acids is 1. The minimum absolute atomic E-state index is 0. The summed E-state index contributed by atoms with van der Waals surface area (Å²) in [5.41, 5.74) is 5.65. The number of nitrogens with zero attached hydrogens (tertiary/aromatic N) is 2. The number of nitrogens with two attached hydrogens (primary N) is 1. The van der Waals surface area contributed by atoms with Crippen LogP contribution in [0.15, 0.2) is 0 Å². The Kier molecular flexibility index (Phi) is 6.39. The molecule has 106 valence electrons. The van der Waals surface area contributed by atoms with E-state index in [1.807, 2.05) is 11.9 Å². The van der Waals surface area contributed by atoms with Gasteiger partial charge in [-0.15, -0.1) is 12.4 Å². The molecule has 0 aromatic carbocycles. The fourth-order valence-corrected chi connectivity index (χ4v) is 2.74. The molecule has 1 aliphatic heterocycles. The molecule has 0 spiro atoms. The lowest BCUT2D eigenvalue weighted by atomic mass is 9.99. The van der Waals surface area contributed by atoms with E-state index in [1.165, 1.54) is 32.1 Å². The average molecular weight is 276 g/mol. The highest BCUT2D eigenvalue weighted by Crippen LogP contribution is 2.26. The first-order valence-electron chi connectivity index (χ1n) is 6.92. The van der Waals surface area contributed by atoms with Crippen LogP contribution in [-0.2, 0) is 4.79 Å². The highest BCUT2D eigenvalue weighted by Gasteiger charge is 2.31. The van der Waals surface area contributed by atoms with Crippen LogP contribution in [0, 0.1) is 0 Å². The Morgan fingerprint density at radius 1 is 1.33 bits per heavy atom. The van der Waals surface area contributed by atoms with Gasteiger partial charge in [0.1, 0.15) is 0 Å². The van der Waals surface area contributed by atoms with E-state index in [9.17, 15) is 4.79 Å². The summed E-state index contributed by atoms with van der Waals surface area (Å²) >= 11 is 0. The monoisotopic (exact) mass is 275 g/mol. The highest BCUT2D eigenvalue weighted by molar-refractivity contribution is 5.85. The summed E-state index contributed by atoms with van der Waals surface area (Å²) < 4.78 is 0. The number of halogens is 1. The summed E-state index contributed by atoms with van der Waals surface area (Å²) in [6.07, 6.45) is 7.12. The van der Waals surface area contributed by atoms with Crippen LogP contribution in [0.25, 0.3) is 0 Å². The third kappa shape index (κ3) is 4.11. The molecule has 1 unspecified atom stereocenters. The number of hydrogen-bond donors (Lipinski definition) is 1. The second-order valence-electron chi connectivity index (χ2n) is 5.43. The molecule has 1 amide bonds. The molecule has 1 saturated heterocycles. The summed E-state index contributed by atoms with van der Waals surface area (Å²) in [6, 6.07) is 1.06. The van der Waals surface area contributed by atoms with Crippen molar-refractivity contribution in [1.82, 2.24) is 9.80 Å². The lowest BCUT2D eigenvalue weighted by molar-refractivity contribution is -0.132. The molecule has 1 heterocycles. The molecule has 5 heteroatoms. The molecule has 2 N–H and O–H groups in total. The molecule has 1 aliphatic carbocycles. The van der Waals surface area contributed by atoms with Crippen LogP contribution in [0.3, 0.4) is 0 Å². The largest absolute Gasteiger partial charge is 0.342 e. The molecule has 0 radical (unpaired) electrons. The SMILES string of the molecule is CN(C(=O)CN1CCCCC1CCN)C1CC1.Cl. The van der Waals surface area contributed by atoms with Gasteiger partial charge in [-0.05, 0) is 45.2 Å². The molecule has 1 saturated carbocycles. The molecule has 0 aromatic rings. The van der Waals surface area contributed by atoms with Gasteiger partial charge in [0.2, 0.25) is 5.91 Å². The van der Waals surface area contributed by atoms with Crippen molar-refractivity contribution in [2.75, 3.05) is 26.7 Å². The Morgan fingerprint density at radius 2 is 2.06 bits per heavy atom. The van der Waals surface area contributed by atoms with Crippen molar-refractivity contribution in [2.24, 2.45) is 5.73 Å². The minimum atomic E-state index is 0. The predicted molar refractivity (Wildman–Crippen MR) is 75.9 cm³/mol. The Bertz CT molecular complexity index is 269. The fraction of sp³-hybridized carbons (Fsp3) is 0.923. The number of carbonyl (C=O) groups is 1. The van der Waals surface area contributed by atoms with Crippen LogP contribution in [0.5, 0.6) is 0 Å². The van der Waals surface area contributed by atoms with Gasteiger partial charge in [0, 0.05) is 19.1 Å². The van der Waals surface area contributed by atoms with Crippen LogP contribution in [-0.4, -0.2) is 54.5 Å². The third-order valence-corrected chi connectivity index (χ3v) is 4.08. The molecule has 18 heavy (non-hydrogen) atoms. The first kappa shape index (κ1) is 15.7. The second kappa shape index (κ2) is 7.31. The van der Waals surface area contributed by atoms with Crippen LogP contribution < -0.4 is 5.73 Å². The van der Waals surface area contributed by atoms with E-state index >= 15 is 0 Å². The molecule has 2 aliphatic rings.